The number of hydrogen-bond acceptors (Lipinski definition) is 2. The molecule has 0 unspecified atom stereocenters. The molecular formula is C15H23NO2. The summed E-state index contributed by atoms with van der Waals surface area (Å²) in [6.07, 6.45) is 1.82. The second-order valence-corrected chi connectivity index (χ2v) is 4.56. The summed E-state index contributed by atoms with van der Waals surface area (Å²) < 4.78 is 0. The van der Waals surface area contributed by atoms with E-state index in [1.807, 2.05) is 31.2 Å². The quantitative estimate of drug-likeness (QED) is 0.842. The second kappa shape index (κ2) is 7.17. The number of carbonyl (C=O) groups excluding carboxylic acids is 1. The lowest BCUT2D eigenvalue weighted by molar-refractivity contribution is 0.0622. The van der Waals surface area contributed by atoms with Gasteiger partial charge in [-0.05, 0) is 31.9 Å². The van der Waals surface area contributed by atoms with Crippen LogP contribution >= 0.6 is 0 Å². The van der Waals surface area contributed by atoms with Gasteiger partial charge in [-0.2, -0.15) is 0 Å². The lowest BCUT2D eigenvalue weighted by Crippen LogP contribution is -2.41. The highest BCUT2D eigenvalue weighted by molar-refractivity contribution is 5.94. The van der Waals surface area contributed by atoms with Crippen LogP contribution in [0.25, 0.3) is 0 Å². The van der Waals surface area contributed by atoms with E-state index >= 15 is 0 Å². The molecule has 1 rings (SSSR count). The number of amides is 1. The molecule has 1 aromatic carbocycles. The molecule has 0 aliphatic rings. The summed E-state index contributed by atoms with van der Waals surface area (Å²) in [7, 11) is 0. The lowest BCUT2D eigenvalue weighted by atomic mass is 10.1. The summed E-state index contributed by atoms with van der Waals surface area (Å²) >= 11 is 0. The van der Waals surface area contributed by atoms with Crippen molar-refractivity contribution in [2.75, 3.05) is 13.2 Å². The average Bonchev–Trinajstić information content (AvgIpc) is 2.38. The molecule has 18 heavy (non-hydrogen) atoms. The number of aliphatic hydroxyl groups is 1. The third-order valence-electron chi connectivity index (χ3n) is 3.25. The van der Waals surface area contributed by atoms with Gasteiger partial charge in [-0.1, -0.05) is 31.5 Å². The first-order chi connectivity index (χ1) is 8.63. The van der Waals surface area contributed by atoms with Gasteiger partial charge >= 0.3 is 0 Å². The standard InChI is InChI=1S/C15H23NO2/c1-4-14(5-2)16(9-10-17)15(18)13-8-6-7-12(3)11-13/h6-8,11,14,17H,4-5,9-10H2,1-3H3. The van der Waals surface area contributed by atoms with Gasteiger partial charge in [0.2, 0.25) is 0 Å². The van der Waals surface area contributed by atoms with E-state index in [4.69, 9.17) is 5.11 Å². The van der Waals surface area contributed by atoms with Crippen molar-refractivity contribution >= 4 is 5.91 Å². The average molecular weight is 249 g/mol. The van der Waals surface area contributed by atoms with Gasteiger partial charge in [0.25, 0.3) is 5.91 Å². The van der Waals surface area contributed by atoms with Gasteiger partial charge in [0, 0.05) is 18.2 Å². The maximum absolute atomic E-state index is 12.5. The van der Waals surface area contributed by atoms with E-state index in [0.717, 1.165) is 18.4 Å². The molecule has 1 aromatic rings. The van der Waals surface area contributed by atoms with Crippen molar-refractivity contribution in [3.8, 4) is 0 Å². The molecule has 3 nitrogen and oxygen atoms in total. The summed E-state index contributed by atoms with van der Waals surface area (Å²) in [4.78, 5) is 14.2. The molecule has 0 atom stereocenters. The van der Waals surface area contributed by atoms with Crippen molar-refractivity contribution in [1.29, 1.82) is 0 Å². The van der Waals surface area contributed by atoms with Crippen LogP contribution in [-0.4, -0.2) is 35.1 Å². The highest BCUT2D eigenvalue weighted by atomic mass is 16.3. The Kier molecular flexibility index (Phi) is 5.86. The minimum atomic E-state index is 0.00799. The van der Waals surface area contributed by atoms with E-state index in [2.05, 4.69) is 13.8 Å². The Morgan fingerprint density at radius 3 is 2.50 bits per heavy atom. The fourth-order valence-electron chi connectivity index (χ4n) is 2.23. The number of aliphatic hydroxyl groups excluding tert-OH is 1. The zero-order chi connectivity index (χ0) is 13.5. The van der Waals surface area contributed by atoms with E-state index in [9.17, 15) is 4.79 Å². The molecule has 0 radical (unpaired) electrons. The highest BCUT2D eigenvalue weighted by Gasteiger charge is 2.21. The first-order valence-electron chi connectivity index (χ1n) is 6.62. The van der Waals surface area contributed by atoms with E-state index in [1.165, 1.54) is 0 Å². The predicted molar refractivity (Wildman–Crippen MR) is 73.7 cm³/mol. The summed E-state index contributed by atoms with van der Waals surface area (Å²) in [6, 6.07) is 7.80. The smallest absolute Gasteiger partial charge is 0.254 e. The Morgan fingerprint density at radius 1 is 1.33 bits per heavy atom. The molecule has 1 N–H and O–H groups in total. The van der Waals surface area contributed by atoms with Gasteiger partial charge in [-0.25, -0.2) is 0 Å². The Labute approximate surface area is 109 Å². The summed E-state index contributed by atoms with van der Waals surface area (Å²) in [6.45, 7) is 6.53. The number of hydrogen-bond donors (Lipinski definition) is 1. The number of benzene rings is 1. The van der Waals surface area contributed by atoms with Gasteiger partial charge < -0.3 is 10.0 Å². The molecule has 3 heteroatoms. The number of rotatable bonds is 6. The molecule has 1 amide bonds. The van der Waals surface area contributed by atoms with E-state index in [1.54, 1.807) is 4.90 Å². The van der Waals surface area contributed by atoms with Crippen LogP contribution in [0.5, 0.6) is 0 Å². The third-order valence-corrected chi connectivity index (χ3v) is 3.25. The maximum Gasteiger partial charge on any atom is 0.254 e. The molecule has 0 aliphatic heterocycles. The van der Waals surface area contributed by atoms with E-state index < -0.39 is 0 Å². The Hall–Kier alpha value is -1.35. The molecule has 0 bridgehead atoms. The van der Waals surface area contributed by atoms with Crippen molar-refractivity contribution < 1.29 is 9.90 Å². The zero-order valence-electron chi connectivity index (χ0n) is 11.5. The van der Waals surface area contributed by atoms with Gasteiger partial charge in [0.15, 0.2) is 0 Å². The van der Waals surface area contributed by atoms with Crippen molar-refractivity contribution in [1.82, 2.24) is 4.90 Å². The van der Waals surface area contributed by atoms with Gasteiger partial charge in [0.1, 0.15) is 0 Å². The predicted octanol–water partition coefficient (Wildman–Crippen LogP) is 2.62. The zero-order valence-corrected chi connectivity index (χ0v) is 11.5. The first kappa shape index (κ1) is 14.7. The van der Waals surface area contributed by atoms with Crippen LogP contribution < -0.4 is 0 Å². The topological polar surface area (TPSA) is 40.5 Å². The molecule has 0 saturated heterocycles. The molecule has 0 spiro atoms. The molecule has 0 saturated carbocycles. The van der Waals surface area contributed by atoms with Crippen LogP contribution in [0.4, 0.5) is 0 Å². The van der Waals surface area contributed by atoms with Crippen molar-refractivity contribution in [2.24, 2.45) is 0 Å². The largest absolute Gasteiger partial charge is 0.395 e. The fraction of sp³-hybridized carbons (Fsp3) is 0.533. The van der Waals surface area contributed by atoms with Crippen LogP contribution in [0, 0.1) is 6.92 Å². The third kappa shape index (κ3) is 3.57. The minimum absolute atomic E-state index is 0.00799. The second-order valence-electron chi connectivity index (χ2n) is 4.56. The van der Waals surface area contributed by atoms with Crippen molar-refractivity contribution in [3.63, 3.8) is 0 Å². The van der Waals surface area contributed by atoms with Crippen molar-refractivity contribution in [3.05, 3.63) is 35.4 Å². The van der Waals surface area contributed by atoms with Crippen molar-refractivity contribution in [2.45, 2.75) is 39.7 Å². The Morgan fingerprint density at radius 2 is 2.00 bits per heavy atom. The van der Waals surface area contributed by atoms with E-state index in [-0.39, 0.29) is 18.6 Å². The molecular weight excluding hydrogens is 226 g/mol. The van der Waals surface area contributed by atoms with Gasteiger partial charge in [-0.15, -0.1) is 0 Å². The SMILES string of the molecule is CCC(CC)N(CCO)C(=O)c1cccc(C)c1. The van der Waals surface area contributed by atoms with Crippen LogP contribution in [0.2, 0.25) is 0 Å². The number of nitrogens with zero attached hydrogens (tertiary/aromatic N) is 1. The lowest BCUT2D eigenvalue weighted by Gasteiger charge is -2.30. The van der Waals surface area contributed by atoms with Gasteiger partial charge in [0.05, 0.1) is 6.61 Å². The Balaban J connectivity index is 2.95. The fourth-order valence-corrected chi connectivity index (χ4v) is 2.23. The summed E-state index contributed by atoms with van der Waals surface area (Å²) in [5.74, 6) is 0.0152. The summed E-state index contributed by atoms with van der Waals surface area (Å²) in [5.41, 5.74) is 1.78. The molecule has 100 valence electrons. The number of aryl methyl sites for hydroxylation is 1. The Bertz CT molecular complexity index is 386. The van der Waals surface area contributed by atoms with Crippen LogP contribution in [0.1, 0.15) is 42.6 Å². The maximum atomic E-state index is 12.5. The molecule has 0 fully saturated rings. The highest BCUT2D eigenvalue weighted by Crippen LogP contribution is 2.14. The normalized spacial score (nSPS) is 10.7. The minimum Gasteiger partial charge on any atom is -0.395 e. The molecule has 0 aliphatic carbocycles. The first-order valence-corrected chi connectivity index (χ1v) is 6.62. The molecule has 0 aromatic heterocycles. The number of carbonyl (C=O) groups is 1. The van der Waals surface area contributed by atoms with E-state index in [0.29, 0.717) is 12.1 Å². The molecule has 0 heterocycles. The monoisotopic (exact) mass is 249 g/mol. The van der Waals surface area contributed by atoms with Crippen LogP contribution in [0.3, 0.4) is 0 Å². The van der Waals surface area contributed by atoms with Gasteiger partial charge in [-0.3, -0.25) is 4.79 Å². The van der Waals surface area contributed by atoms with Crippen LogP contribution in [-0.2, 0) is 0 Å². The van der Waals surface area contributed by atoms with Crippen LogP contribution in [0.15, 0.2) is 24.3 Å². The summed E-state index contributed by atoms with van der Waals surface area (Å²) in [5, 5.41) is 9.13.